The Morgan fingerprint density at radius 3 is 2.78 bits per heavy atom. The first-order valence-electron chi connectivity index (χ1n) is 7.24. The lowest BCUT2D eigenvalue weighted by molar-refractivity contribution is 1.03. The van der Waals surface area contributed by atoms with Crippen LogP contribution in [0, 0.1) is 6.92 Å². The fourth-order valence-corrected chi connectivity index (χ4v) is 4.05. The summed E-state index contributed by atoms with van der Waals surface area (Å²) in [6, 6.07) is 12.5. The summed E-state index contributed by atoms with van der Waals surface area (Å²) in [5.74, 6) is 1.65. The van der Waals surface area contributed by atoms with Crippen molar-refractivity contribution in [2.45, 2.75) is 13.5 Å². The van der Waals surface area contributed by atoms with E-state index in [9.17, 15) is 0 Å². The predicted molar refractivity (Wildman–Crippen MR) is 97.0 cm³/mol. The molecule has 114 valence electrons. The number of thiophene rings is 1. The highest BCUT2D eigenvalue weighted by Gasteiger charge is 2.11. The zero-order valence-electron chi connectivity index (χ0n) is 12.5. The molecule has 0 saturated heterocycles. The molecule has 1 N–H and O–H groups in total. The summed E-state index contributed by atoms with van der Waals surface area (Å²) >= 11 is 3.30. The minimum absolute atomic E-state index is 0.672. The molecule has 0 fully saturated rings. The van der Waals surface area contributed by atoms with E-state index >= 15 is 0 Å². The summed E-state index contributed by atoms with van der Waals surface area (Å²) in [7, 11) is 0. The standard InChI is InChI=1S/C17H14N4S2/c1-11-20-16(18-8-13-9-22-10-19-13)14-7-15(23-17(14)21-11)12-5-3-2-4-6-12/h2-7,9-10H,8H2,1H3,(H,18,20,21). The topological polar surface area (TPSA) is 50.7 Å². The van der Waals surface area contributed by atoms with Gasteiger partial charge in [-0.25, -0.2) is 15.0 Å². The van der Waals surface area contributed by atoms with Crippen LogP contribution in [0.4, 0.5) is 5.82 Å². The first-order valence-corrected chi connectivity index (χ1v) is 9.00. The molecule has 0 radical (unpaired) electrons. The van der Waals surface area contributed by atoms with Crippen LogP contribution in [0.2, 0.25) is 0 Å². The highest BCUT2D eigenvalue weighted by molar-refractivity contribution is 7.21. The molecular weight excluding hydrogens is 324 g/mol. The SMILES string of the molecule is Cc1nc(NCc2cscn2)c2cc(-c3ccccc3)sc2n1. The Bertz CT molecular complexity index is 930. The molecule has 0 unspecified atom stereocenters. The Labute approximate surface area is 141 Å². The molecular formula is C17H14N4S2. The number of aromatic nitrogens is 3. The molecule has 0 atom stereocenters. The van der Waals surface area contributed by atoms with Gasteiger partial charge in [0.25, 0.3) is 0 Å². The van der Waals surface area contributed by atoms with E-state index in [1.165, 1.54) is 10.4 Å². The largest absolute Gasteiger partial charge is 0.364 e. The first-order chi connectivity index (χ1) is 11.3. The van der Waals surface area contributed by atoms with Gasteiger partial charge in [0.15, 0.2) is 0 Å². The summed E-state index contributed by atoms with van der Waals surface area (Å²) in [5.41, 5.74) is 4.08. The molecule has 0 saturated carbocycles. The van der Waals surface area contributed by atoms with E-state index in [0.29, 0.717) is 6.54 Å². The number of hydrogen-bond donors (Lipinski definition) is 1. The Balaban J connectivity index is 1.73. The molecule has 0 amide bonds. The van der Waals surface area contributed by atoms with Gasteiger partial charge in [0, 0.05) is 10.3 Å². The van der Waals surface area contributed by atoms with Gasteiger partial charge < -0.3 is 5.32 Å². The maximum absolute atomic E-state index is 4.58. The second kappa shape index (κ2) is 6.06. The first kappa shape index (κ1) is 14.3. The van der Waals surface area contributed by atoms with Crippen molar-refractivity contribution in [1.82, 2.24) is 15.0 Å². The van der Waals surface area contributed by atoms with E-state index in [4.69, 9.17) is 0 Å². The third-order valence-corrected chi connectivity index (χ3v) is 5.20. The van der Waals surface area contributed by atoms with Gasteiger partial charge in [-0.2, -0.15) is 0 Å². The Kier molecular flexibility index (Phi) is 3.77. The van der Waals surface area contributed by atoms with Crippen LogP contribution in [0.15, 0.2) is 47.3 Å². The van der Waals surface area contributed by atoms with E-state index in [1.807, 2.05) is 23.9 Å². The molecule has 1 aromatic carbocycles. The number of anilines is 1. The van der Waals surface area contributed by atoms with Gasteiger partial charge in [-0.1, -0.05) is 30.3 Å². The molecule has 6 heteroatoms. The molecule has 0 spiro atoms. The lowest BCUT2D eigenvalue weighted by Crippen LogP contribution is -2.03. The van der Waals surface area contributed by atoms with Crippen molar-refractivity contribution in [3.63, 3.8) is 0 Å². The minimum Gasteiger partial charge on any atom is -0.364 e. The number of aryl methyl sites for hydroxylation is 1. The van der Waals surface area contributed by atoms with Gasteiger partial charge in [0.05, 0.1) is 23.1 Å². The van der Waals surface area contributed by atoms with Gasteiger partial charge in [-0.15, -0.1) is 22.7 Å². The van der Waals surface area contributed by atoms with Crippen LogP contribution in [0.3, 0.4) is 0 Å². The summed E-state index contributed by atoms with van der Waals surface area (Å²) in [6.07, 6.45) is 0. The monoisotopic (exact) mass is 338 g/mol. The predicted octanol–water partition coefficient (Wildman–Crippen LogP) is 4.74. The number of nitrogens with zero attached hydrogens (tertiary/aromatic N) is 3. The number of fused-ring (bicyclic) bond motifs is 1. The highest BCUT2D eigenvalue weighted by Crippen LogP contribution is 2.35. The van der Waals surface area contributed by atoms with Crippen LogP contribution in [0.1, 0.15) is 11.5 Å². The number of benzene rings is 1. The highest BCUT2D eigenvalue weighted by atomic mass is 32.1. The quantitative estimate of drug-likeness (QED) is 0.584. The van der Waals surface area contributed by atoms with E-state index < -0.39 is 0 Å². The zero-order chi connectivity index (χ0) is 15.6. The fraction of sp³-hybridized carbons (Fsp3) is 0.118. The summed E-state index contributed by atoms with van der Waals surface area (Å²) in [4.78, 5) is 15.7. The van der Waals surface area contributed by atoms with Crippen molar-refractivity contribution < 1.29 is 0 Å². The van der Waals surface area contributed by atoms with Gasteiger partial charge in [-0.3, -0.25) is 0 Å². The molecule has 3 heterocycles. The molecule has 4 aromatic rings. The van der Waals surface area contributed by atoms with E-state index in [-0.39, 0.29) is 0 Å². The van der Waals surface area contributed by atoms with Crippen LogP contribution in [0.5, 0.6) is 0 Å². The molecule has 0 aliphatic rings. The maximum atomic E-state index is 4.58. The van der Waals surface area contributed by atoms with Crippen LogP contribution in [-0.2, 0) is 6.54 Å². The number of nitrogens with one attached hydrogen (secondary N) is 1. The van der Waals surface area contributed by atoms with E-state index in [2.05, 4.69) is 50.6 Å². The number of thiazole rings is 1. The summed E-state index contributed by atoms with van der Waals surface area (Å²) in [5, 5.41) is 6.50. The van der Waals surface area contributed by atoms with Crippen LogP contribution < -0.4 is 5.32 Å². The zero-order valence-corrected chi connectivity index (χ0v) is 14.1. The Hall–Kier alpha value is -2.31. The van der Waals surface area contributed by atoms with Crippen molar-refractivity contribution in [3.8, 4) is 10.4 Å². The van der Waals surface area contributed by atoms with Crippen molar-refractivity contribution in [2.24, 2.45) is 0 Å². The molecule has 23 heavy (non-hydrogen) atoms. The van der Waals surface area contributed by atoms with Gasteiger partial charge in [0.2, 0.25) is 0 Å². The number of hydrogen-bond acceptors (Lipinski definition) is 6. The molecule has 0 aliphatic carbocycles. The maximum Gasteiger partial charge on any atom is 0.138 e. The molecule has 4 nitrogen and oxygen atoms in total. The molecule has 4 rings (SSSR count). The average Bonchev–Trinajstić information content (AvgIpc) is 3.22. The Morgan fingerprint density at radius 2 is 2.00 bits per heavy atom. The normalized spacial score (nSPS) is 11.0. The molecule has 0 bridgehead atoms. The van der Waals surface area contributed by atoms with Crippen molar-refractivity contribution in [2.75, 3.05) is 5.32 Å². The average molecular weight is 338 g/mol. The van der Waals surface area contributed by atoms with Crippen LogP contribution >= 0.6 is 22.7 Å². The lowest BCUT2D eigenvalue weighted by atomic mass is 10.2. The fourth-order valence-electron chi connectivity index (χ4n) is 2.41. The third kappa shape index (κ3) is 2.95. The van der Waals surface area contributed by atoms with Crippen LogP contribution in [0.25, 0.3) is 20.7 Å². The van der Waals surface area contributed by atoms with Crippen LogP contribution in [-0.4, -0.2) is 15.0 Å². The van der Waals surface area contributed by atoms with Crippen molar-refractivity contribution in [3.05, 3.63) is 58.8 Å². The Morgan fingerprint density at radius 1 is 1.13 bits per heavy atom. The smallest absolute Gasteiger partial charge is 0.138 e. The minimum atomic E-state index is 0.672. The van der Waals surface area contributed by atoms with E-state index in [0.717, 1.165) is 27.6 Å². The van der Waals surface area contributed by atoms with Gasteiger partial charge in [-0.05, 0) is 18.6 Å². The van der Waals surface area contributed by atoms with E-state index in [1.54, 1.807) is 22.7 Å². The summed E-state index contributed by atoms with van der Waals surface area (Å²) < 4.78 is 0. The third-order valence-electron chi connectivity index (χ3n) is 3.48. The van der Waals surface area contributed by atoms with Gasteiger partial charge >= 0.3 is 0 Å². The van der Waals surface area contributed by atoms with Crippen molar-refractivity contribution >= 4 is 38.7 Å². The lowest BCUT2D eigenvalue weighted by Gasteiger charge is -2.05. The molecule has 0 aliphatic heterocycles. The number of rotatable bonds is 4. The summed E-state index contributed by atoms with van der Waals surface area (Å²) in [6.45, 7) is 2.60. The van der Waals surface area contributed by atoms with Gasteiger partial charge in [0.1, 0.15) is 16.5 Å². The second-order valence-electron chi connectivity index (χ2n) is 5.15. The second-order valence-corrected chi connectivity index (χ2v) is 6.90. The molecule has 3 aromatic heterocycles. The van der Waals surface area contributed by atoms with Crippen molar-refractivity contribution in [1.29, 1.82) is 0 Å².